The van der Waals surface area contributed by atoms with Crippen LogP contribution in [0.5, 0.6) is 5.75 Å². The lowest BCUT2D eigenvalue weighted by atomic mass is 10.1. The Hall–Kier alpha value is -3.41. The van der Waals surface area contributed by atoms with Gasteiger partial charge in [-0.3, -0.25) is 4.55 Å². The van der Waals surface area contributed by atoms with Crippen molar-refractivity contribution in [3.8, 4) is 11.8 Å². The minimum Gasteiger partial charge on any atom is -0.423 e. The van der Waals surface area contributed by atoms with E-state index in [-0.39, 0.29) is 0 Å². The Morgan fingerprint density at radius 1 is 1.04 bits per heavy atom. The normalized spacial score (nSPS) is 10.4. The molecule has 3 aromatic carbocycles. The lowest BCUT2D eigenvalue weighted by molar-refractivity contribution is 0.0735. The molecule has 0 amide bonds. The molecule has 27 heavy (non-hydrogen) atoms. The third kappa shape index (κ3) is 6.43. The summed E-state index contributed by atoms with van der Waals surface area (Å²) in [5.41, 5.74) is 7.22. The van der Waals surface area contributed by atoms with Crippen LogP contribution in [0.2, 0.25) is 0 Å². The number of ether oxygens (including phenoxy) is 1. The first-order valence-corrected chi connectivity index (χ1v) is 9.44. The first-order valence-electron chi connectivity index (χ1n) is 7.60. The van der Waals surface area contributed by atoms with E-state index in [2.05, 4.69) is 6.07 Å². The van der Waals surface area contributed by atoms with Crippen LogP contribution in [-0.4, -0.2) is 25.2 Å². The topological polar surface area (TPSA) is 130 Å². The zero-order valence-corrected chi connectivity index (χ0v) is 15.1. The van der Waals surface area contributed by atoms with Crippen molar-refractivity contribution in [3.05, 3.63) is 71.8 Å². The molecule has 3 aromatic rings. The molecule has 0 aliphatic rings. The highest BCUT2D eigenvalue weighted by atomic mass is 32.2. The summed E-state index contributed by atoms with van der Waals surface area (Å²) in [4.78, 5) is 12.1. The third-order valence-corrected chi connectivity index (χ3v) is 3.30. The average molecular weight is 384 g/mol. The van der Waals surface area contributed by atoms with E-state index in [1.807, 2.05) is 12.1 Å². The van der Waals surface area contributed by atoms with Crippen molar-refractivity contribution < 1.29 is 22.5 Å². The van der Waals surface area contributed by atoms with Crippen LogP contribution in [0.25, 0.3) is 10.8 Å². The Bertz CT molecular complexity index is 1110. The van der Waals surface area contributed by atoms with Gasteiger partial charge in [0.1, 0.15) is 5.75 Å². The summed E-state index contributed by atoms with van der Waals surface area (Å²) in [6.07, 6.45) is 0.715. The molecule has 0 aliphatic heterocycles. The number of nitrogen functional groups attached to an aromatic ring is 1. The number of carbonyl (C=O) groups is 1. The second-order valence-corrected chi connectivity index (χ2v) is 7.05. The number of carbonyl (C=O) groups excluding carboxylic acids is 1. The molecule has 0 heterocycles. The molecule has 0 spiro atoms. The van der Waals surface area contributed by atoms with Crippen molar-refractivity contribution in [2.24, 2.45) is 0 Å². The van der Waals surface area contributed by atoms with Crippen molar-refractivity contribution in [2.75, 3.05) is 12.0 Å². The van der Waals surface area contributed by atoms with E-state index >= 15 is 0 Å². The maximum Gasteiger partial charge on any atom is 0.343 e. The monoisotopic (exact) mass is 384 g/mol. The van der Waals surface area contributed by atoms with Crippen LogP contribution in [0.15, 0.2) is 60.7 Å². The van der Waals surface area contributed by atoms with Crippen LogP contribution >= 0.6 is 0 Å². The van der Waals surface area contributed by atoms with Gasteiger partial charge in [0, 0.05) is 5.69 Å². The molecule has 0 aliphatic carbocycles. The molecule has 0 radical (unpaired) electrons. The zero-order valence-electron chi connectivity index (χ0n) is 14.3. The van der Waals surface area contributed by atoms with Gasteiger partial charge in [-0.2, -0.15) is 13.7 Å². The summed E-state index contributed by atoms with van der Waals surface area (Å²) in [6.45, 7) is 0. The molecule has 138 valence electrons. The standard InChI is InChI=1S/C18H12N2O2.CH4O3S/c19-11-12-1-2-15-10-17(8-5-14(15)9-12)22-18(21)13-3-6-16(20)7-4-13;1-5(2,3)4/h1-10H,20H2;1H3,(H,2,3,4). The number of esters is 1. The van der Waals surface area contributed by atoms with E-state index in [9.17, 15) is 13.2 Å². The molecule has 0 atom stereocenters. The number of fused-ring (bicyclic) bond motifs is 1. The average Bonchev–Trinajstić information content (AvgIpc) is 2.60. The Morgan fingerprint density at radius 2 is 1.59 bits per heavy atom. The van der Waals surface area contributed by atoms with E-state index in [0.29, 0.717) is 28.8 Å². The van der Waals surface area contributed by atoms with Gasteiger partial charge in [0.2, 0.25) is 0 Å². The van der Waals surface area contributed by atoms with Crippen LogP contribution in [0.4, 0.5) is 5.69 Å². The van der Waals surface area contributed by atoms with E-state index in [4.69, 9.17) is 20.3 Å². The van der Waals surface area contributed by atoms with Gasteiger partial charge in [0.05, 0.1) is 23.5 Å². The number of anilines is 1. The molecular formula is C19H16N2O5S. The second-order valence-electron chi connectivity index (χ2n) is 5.58. The zero-order chi connectivity index (χ0) is 20.0. The molecule has 0 saturated carbocycles. The van der Waals surface area contributed by atoms with Gasteiger partial charge in [-0.25, -0.2) is 4.79 Å². The van der Waals surface area contributed by atoms with Crippen molar-refractivity contribution in [3.63, 3.8) is 0 Å². The van der Waals surface area contributed by atoms with Crippen molar-refractivity contribution >= 4 is 32.5 Å². The Kier molecular flexibility index (Phi) is 6.13. The molecular weight excluding hydrogens is 368 g/mol. The van der Waals surface area contributed by atoms with Gasteiger partial charge in [-0.15, -0.1) is 0 Å². The first-order chi connectivity index (χ1) is 12.7. The van der Waals surface area contributed by atoms with Gasteiger partial charge in [0.25, 0.3) is 10.1 Å². The van der Waals surface area contributed by atoms with Crippen molar-refractivity contribution in [2.45, 2.75) is 0 Å². The van der Waals surface area contributed by atoms with Gasteiger partial charge in [-0.05, 0) is 59.3 Å². The molecule has 8 heteroatoms. The van der Waals surface area contributed by atoms with Crippen LogP contribution in [0.3, 0.4) is 0 Å². The number of nitrogens with two attached hydrogens (primary N) is 1. The number of nitrogens with zero attached hydrogens (tertiary/aromatic N) is 1. The van der Waals surface area contributed by atoms with E-state index in [0.717, 1.165) is 10.8 Å². The van der Waals surface area contributed by atoms with Crippen molar-refractivity contribution in [1.29, 1.82) is 5.26 Å². The number of hydrogen-bond donors (Lipinski definition) is 2. The fraction of sp³-hybridized carbons (Fsp3) is 0.0526. The molecule has 0 unspecified atom stereocenters. The van der Waals surface area contributed by atoms with Crippen LogP contribution in [-0.2, 0) is 10.1 Å². The highest BCUT2D eigenvalue weighted by Gasteiger charge is 2.08. The maximum absolute atomic E-state index is 12.1. The molecule has 0 saturated heterocycles. The molecule has 3 rings (SSSR count). The Labute approximate surface area is 156 Å². The van der Waals surface area contributed by atoms with Crippen molar-refractivity contribution in [1.82, 2.24) is 0 Å². The molecule has 0 fully saturated rings. The molecule has 3 N–H and O–H groups in total. The lowest BCUT2D eigenvalue weighted by Crippen LogP contribution is -2.08. The van der Waals surface area contributed by atoms with Crippen LogP contribution < -0.4 is 10.5 Å². The lowest BCUT2D eigenvalue weighted by Gasteiger charge is -2.06. The quantitative estimate of drug-likeness (QED) is 0.300. The van der Waals surface area contributed by atoms with Gasteiger partial charge in [0.15, 0.2) is 0 Å². The smallest absolute Gasteiger partial charge is 0.343 e. The summed E-state index contributed by atoms with van der Waals surface area (Å²) in [6, 6.07) is 19.3. The minimum atomic E-state index is -3.67. The highest BCUT2D eigenvalue weighted by Crippen LogP contribution is 2.22. The molecule has 0 aromatic heterocycles. The summed E-state index contributed by atoms with van der Waals surface area (Å²) in [7, 11) is -3.67. The van der Waals surface area contributed by atoms with Crippen LogP contribution in [0.1, 0.15) is 15.9 Å². The number of hydrogen-bond acceptors (Lipinski definition) is 6. The van der Waals surface area contributed by atoms with Gasteiger partial charge in [-0.1, -0.05) is 12.1 Å². The summed E-state index contributed by atoms with van der Waals surface area (Å²) in [5, 5.41) is 10.7. The molecule has 0 bridgehead atoms. The summed E-state index contributed by atoms with van der Waals surface area (Å²) in [5.74, 6) is 0.0204. The fourth-order valence-corrected chi connectivity index (χ4v) is 2.14. The first kappa shape index (κ1) is 19.9. The number of rotatable bonds is 2. The summed E-state index contributed by atoms with van der Waals surface area (Å²) < 4.78 is 31.2. The van der Waals surface area contributed by atoms with E-state index in [1.54, 1.807) is 48.5 Å². The third-order valence-electron chi connectivity index (χ3n) is 3.30. The maximum atomic E-state index is 12.1. The highest BCUT2D eigenvalue weighted by molar-refractivity contribution is 7.85. The minimum absolute atomic E-state index is 0.437. The predicted octanol–water partition coefficient (Wildman–Crippen LogP) is 3.02. The fourth-order valence-electron chi connectivity index (χ4n) is 2.14. The SMILES string of the molecule is CS(=O)(=O)O.N#Cc1ccc2cc(OC(=O)c3ccc(N)cc3)ccc2c1. The predicted molar refractivity (Wildman–Crippen MR) is 102 cm³/mol. The number of benzene rings is 3. The van der Waals surface area contributed by atoms with Gasteiger partial charge < -0.3 is 10.5 Å². The Morgan fingerprint density at radius 3 is 2.19 bits per heavy atom. The van der Waals surface area contributed by atoms with E-state index < -0.39 is 16.1 Å². The second kappa shape index (κ2) is 8.31. The number of nitriles is 1. The largest absolute Gasteiger partial charge is 0.423 e. The molecule has 7 nitrogen and oxygen atoms in total. The van der Waals surface area contributed by atoms with E-state index in [1.165, 1.54) is 0 Å². The van der Waals surface area contributed by atoms with Crippen LogP contribution in [0, 0.1) is 11.3 Å². The Balaban J connectivity index is 0.000000465. The summed E-state index contributed by atoms with van der Waals surface area (Å²) >= 11 is 0. The van der Waals surface area contributed by atoms with Gasteiger partial charge >= 0.3 is 5.97 Å².